The molecule has 0 fully saturated rings. The molecule has 508 valence electrons. The number of amides is 2. The van der Waals surface area contributed by atoms with Crippen LogP contribution < -0.4 is 30.4 Å². The van der Waals surface area contributed by atoms with Gasteiger partial charge in [0.2, 0.25) is 11.8 Å². The average Bonchev–Trinajstić information content (AvgIpc) is 1.60. The Labute approximate surface area is 559 Å². The van der Waals surface area contributed by atoms with Crippen LogP contribution in [0.15, 0.2) is 210 Å². The Kier molecular flexibility index (Phi) is 32.1. The highest BCUT2D eigenvalue weighted by Gasteiger charge is 2.46. The summed E-state index contributed by atoms with van der Waals surface area (Å²) in [6.45, 7) is 6.36. The summed E-state index contributed by atoms with van der Waals surface area (Å²) in [7, 11) is 0. The molecule has 0 aromatic heterocycles. The van der Waals surface area contributed by atoms with Gasteiger partial charge in [-0.15, -0.1) is 5.59 Å². The van der Waals surface area contributed by atoms with Gasteiger partial charge in [0.25, 0.3) is 0 Å². The number of halogens is 4. The van der Waals surface area contributed by atoms with Crippen LogP contribution in [-0.2, 0) is 9.59 Å². The van der Waals surface area contributed by atoms with E-state index in [4.69, 9.17) is 29.3 Å². The van der Waals surface area contributed by atoms with E-state index in [1.807, 2.05) is 109 Å². The minimum absolute atomic E-state index is 0. The number of hydrogen-bond donors (Lipinski definition) is 4. The van der Waals surface area contributed by atoms with Crippen LogP contribution in [0, 0.1) is 35.1 Å². The maximum atomic E-state index is 13.6. The molecule has 6 aliphatic rings. The molecule has 4 atom stereocenters. The molecule has 6 aliphatic heterocycles. The van der Waals surface area contributed by atoms with E-state index in [9.17, 15) is 41.5 Å². The Morgan fingerprint density at radius 2 is 0.885 bits per heavy atom. The number of nitrogens with one attached hydrogen (secondary N) is 1. The van der Waals surface area contributed by atoms with Gasteiger partial charge in [0.1, 0.15) is 59.2 Å². The van der Waals surface area contributed by atoms with Crippen molar-refractivity contribution < 1.29 is 70.8 Å². The number of rotatable bonds is 4. The SMILES string of the molecule is C.C.C.C.C.CC(=O)N1N=C2c3cc(F)ccc3OCC2C1c1ccccc1.CC(=O)N1N=C2c3cc(F)ccc3OC[C@H]2[C@H]1c1ccccc1.CCO.NNO.O=C1/C(=C/c2ccccc2)COc2ccc(F)cc21.O=C1CCOc2ccc(F)cc21.O=Cc1ccccc1. The first-order valence-electron chi connectivity index (χ1n) is 28.7. The largest absolute Gasteiger partial charge is 0.492 e. The number of nitrogens with two attached hydrogens (primary N) is 1. The van der Waals surface area contributed by atoms with Gasteiger partial charge in [0.15, 0.2) is 11.6 Å². The zero-order valence-corrected chi connectivity index (χ0v) is 49.6. The second-order valence-corrected chi connectivity index (χ2v) is 20.5. The lowest BCUT2D eigenvalue weighted by Gasteiger charge is -2.29. The van der Waals surface area contributed by atoms with Gasteiger partial charge in [0, 0.05) is 49.1 Å². The minimum atomic E-state index is -0.434. The third-order valence-electron chi connectivity index (χ3n) is 14.4. The predicted octanol–water partition coefficient (Wildman–Crippen LogP) is 15.1. The molecule has 6 heterocycles. The molecule has 2 amide bonds. The normalized spacial score (nSPS) is 16.7. The van der Waals surface area contributed by atoms with Crippen LogP contribution in [0.2, 0.25) is 0 Å². The molecule has 17 nitrogen and oxygen atoms in total. The molecule has 0 radical (unpaired) electrons. The fraction of sp³-hybridized carbons (Fsp3) is 0.240. The Morgan fingerprint density at radius 1 is 0.542 bits per heavy atom. The van der Waals surface area contributed by atoms with Crippen molar-refractivity contribution in [2.45, 2.75) is 76.4 Å². The molecule has 0 saturated carbocycles. The van der Waals surface area contributed by atoms with E-state index in [1.54, 1.807) is 37.3 Å². The summed E-state index contributed by atoms with van der Waals surface area (Å²) < 4.78 is 75.3. The van der Waals surface area contributed by atoms with Crippen LogP contribution >= 0.6 is 0 Å². The lowest BCUT2D eigenvalue weighted by Crippen LogP contribution is -2.34. The Morgan fingerprint density at radius 3 is 1.26 bits per heavy atom. The number of aliphatic hydroxyl groups excluding tert-OH is 1. The number of carbonyl (C=O) groups excluding carboxylic acids is 5. The average molecular weight is 1320 g/mol. The number of nitrogens with zero attached hydrogens (tertiary/aromatic N) is 4. The third kappa shape index (κ3) is 20.0. The summed E-state index contributed by atoms with van der Waals surface area (Å²) in [6, 6.07) is 54.4. The van der Waals surface area contributed by atoms with Gasteiger partial charge in [-0.1, -0.05) is 158 Å². The van der Waals surface area contributed by atoms with Crippen LogP contribution in [0.5, 0.6) is 23.0 Å². The Hall–Kier alpha value is -10.5. The highest BCUT2D eigenvalue weighted by Crippen LogP contribution is 2.44. The molecule has 0 bridgehead atoms. The molecule has 8 aromatic carbocycles. The number of ketones is 2. The van der Waals surface area contributed by atoms with Crippen molar-refractivity contribution in [2.24, 2.45) is 27.9 Å². The van der Waals surface area contributed by atoms with E-state index in [1.165, 1.54) is 90.1 Å². The van der Waals surface area contributed by atoms with Gasteiger partial charge in [-0.05, 0) is 102 Å². The second-order valence-electron chi connectivity index (χ2n) is 20.5. The molecule has 0 aliphatic carbocycles. The highest BCUT2D eigenvalue weighted by atomic mass is 19.1. The van der Waals surface area contributed by atoms with Crippen LogP contribution in [0.4, 0.5) is 17.6 Å². The first-order chi connectivity index (χ1) is 44.1. The fourth-order valence-corrected chi connectivity index (χ4v) is 10.4. The number of aliphatic hydroxyl groups is 1. The van der Waals surface area contributed by atoms with Gasteiger partial charge >= 0.3 is 0 Å². The van der Waals surface area contributed by atoms with Crippen molar-refractivity contribution in [3.05, 3.63) is 267 Å². The highest BCUT2D eigenvalue weighted by molar-refractivity contribution is 6.14. The van der Waals surface area contributed by atoms with Gasteiger partial charge < -0.3 is 29.3 Å². The summed E-state index contributed by atoms with van der Waals surface area (Å²) in [5.41, 5.74) is 8.77. The van der Waals surface area contributed by atoms with E-state index in [0.717, 1.165) is 40.0 Å². The number of carbonyl (C=O) groups is 5. The van der Waals surface area contributed by atoms with Crippen molar-refractivity contribution in [2.75, 3.05) is 33.0 Å². The molecule has 0 saturated heterocycles. The summed E-state index contributed by atoms with van der Waals surface area (Å²) >= 11 is 0. The minimum Gasteiger partial charge on any atom is -0.492 e. The summed E-state index contributed by atoms with van der Waals surface area (Å²) in [4.78, 5) is 57.6. The summed E-state index contributed by atoms with van der Waals surface area (Å²) in [5, 5.41) is 26.6. The molecule has 8 aromatic rings. The van der Waals surface area contributed by atoms with Gasteiger partial charge in [0.05, 0.1) is 66.3 Å². The van der Waals surface area contributed by atoms with Crippen molar-refractivity contribution >= 4 is 47.2 Å². The lowest BCUT2D eigenvalue weighted by atomic mass is 9.86. The molecule has 2 unspecified atom stereocenters. The Bertz CT molecular complexity index is 3800. The number of Topliss-reactive ketones (excluding diaryl/α,β-unsaturated/α-hetero) is 2. The molecule has 96 heavy (non-hydrogen) atoms. The molecule has 0 spiro atoms. The molecule has 5 N–H and O–H groups in total. The van der Waals surface area contributed by atoms with E-state index in [-0.39, 0.29) is 115 Å². The number of aldehydes is 1. The van der Waals surface area contributed by atoms with Gasteiger partial charge in [-0.25, -0.2) is 33.4 Å². The second kappa shape index (κ2) is 38.7. The van der Waals surface area contributed by atoms with Crippen molar-refractivity contribution in [3.8, 4) is 23.0 Å². The van der Waals surface area contributed by atoms with E-state index in [0.29, 0.717) is 71.5 Å². The standard InChI is InChI=1S/2C18H15FN2O2.C16H11FO2.C9H7FO2.C7H6O.C2H6O.5CH4.H4N2O/c2*1-11(22)21-18(12-5-3-2-4-6-12)15-10-23-16-8-7-13(19)9-14(16)17(15)20-21;17-13-6-7-15-14(9-13)16(18)12(10-19-15)8-11-4-2-1-3-5-11;10-6-1-2-9-7(5-6)8(11)3-4-12-9;8-6-7-4-2-1-3-5-7;1-2-3;;;;;;1-2-3/h2*2-9,15,18H,10H2,1H3;1-9H,10H2;1-2,5H,3-4H2;1-6H;3H,2H2,1H3;5*1H4;2-3H,1H2/b;;12-8+;;;;;;;;;/t15-,18-;;;;;;;;;;;/m1.........../s1. The van der Waals surface area contributed by atoms with Crippen molar-refractivity contribution in [1.29, 1.82) is 0 Å². The van der Waals surface area contributed by atoms with E-state index < -0.39 is 11.6 Å². The van der Waals surface area contributed by atoms with Crippen LogP contribution in [0.25, 0.3) is 6.08 Å². The van der Waals surface area contributed by atoms with E-state index in [2.05, 4.69) is 16.0 Å². The third-order valence-corrected chi connectivity index (χ3v) is 14.4. The maximum absolute atomic E-state index is 13.6. The van der Waals surface area contributed by atoms with Crippen molar-refractivity contribution in [1.82, 2.24) is 15.6 Å². The van der Waals surface area contributed by atoms with E-state index >= 15 is 0 Å². The topological polar surface area (TPSA) is 232 Å². The first kappa shape index (κ1) is 79.8. The van der Waals surface area contributed by atoms with Crippen LogP contribution in [0.1, 0.15) is 135 Å². The number of ether oxygens (including phenoxy) is 4. The molecule has 14 rings (SSSR count). The zero-order valence-electron chi connectivity index (χ0n) is 49.6. The summed E-state index contributed by atoms with van der Waals surface area (Å²) in [5.74, 6) is 4.09. The lowest BCUT2D eigenvalue weighted by molar-refractivity contribution is -0.132. The van der Waals surface area contributed by atoms with Gasteiger partial charge in [-0.3, -0.25) is 24.0 Å². The molecule has 21 heteroatoms. The molecular formula is C75H84F4N6O11. The monoisotopic (exact) mass is 1320 g/mol. The smallest absolute Gasteiger partial charge is 0.240 e. The quantitative estimate of drug-likeness (QED) is 0.0423. The predicted molar refractivity (Wildman–Crippen MR) is 366 cm³/mol. The fourth-order valence-electron chi connectivity index (χ4n) is 10.4. The number of hydrazine groups is 1. The summed E-state index contributed by atoms with van der Waals surface area (Å²) in [6.07, 6.45) is 2.95. The van der Waals surface area contributed by atoms with Gasteiger partial charge in [-0.2, -0.15) is 10.2 Å². The number of hydrazone groups is 2. The van der Waals surface area contributed by atoms with Crippen LogP contribution in [-0.4, -0.2) is 94.5 Å². The number of benzene rings is 8. The first-order valence-corrected chi connectivity index (χ1v) is 28.7. The Balaban J connectivity index is 0.000000312. The van der Waals surface area contributed by atoms with Crippen LogP contribution in [0.3, 0.4) is 0 Å². The number of fused-ring (bicyclic) bond motifs is 8. The number of hydrogen-bond acceptors (Lipinski definition) is 15. The molecular weight excluding hydrogens is 1240 g/mol. The maximum Gasteiger partial charge on any atom is 0.240 e. The van der Waals surface area contributed by atoms with Crippen molar-refractivity contribution in [3.63, 3.8) is 0 Å². The zero-order chi connectivity index (χ0) is 65.0.